The summed E-state index contributed by atoms with van der Waals surface area (Å²) in [7, 11) is 0. The molecule has 1 N–H and O–H groups in total. The third kappa shape index (κ3) is 4.68. The highest BCUT2D eigenvalue weighted by atomic mass is 19.1. The van der Waals surface area contributed by atoms with E-state index in [4.69, 9.17) is 4.74 Å². The van der Waals surface area contributed by atoms with Crippen LogP contribution in [0.3, 0.4) is 0 Å². The molecule has 0 saturated carbocycles. The van der Waals surface area contributed by atoms with E-state index in [1.54, 1.807) is 11.0 Å². The van der Waals surface area contributed by atoms with Gasteiger partial charge in [-0.15, -0.1) is 0 Å². The number of urea groups is 1. The molecule has 0 radical (unpaired) electrons. The fourth-order valence-electron chi connectivity index (χ4n) is 3.02. The molecule has 0 unspecified atom stereocenters. The summed E-state index contributed by atoms with van der Waals surface area (Å²) in [5, 5.41) is 11.9. The summed E-state index contributed by atoms with van der Waals surface area (Å²) in [6.45, 7) is 2.59. The second kappa shape index (κ2) is 9.04. The second-order valence-electron chi connectivity index (χ2n) is 6.26. The van der Waals surface area contributed by atoms with Crippen LogP contribution >= 0.6 is 0 Å². The number of carbonyl (C=O) groups excluding carboxylic acids is 1. The number of nitrogens with one attached hydrogen (secondary N) is 1. The summed E-state index contributed by atoms with van der Waals surface area (Å²) < 4.78 is 31.5. The van der Waals surface area contributed by atoms with Crippen molar-refractivity contribution >= 4 is 11.7 Å². The molecule has 2 aromatic rings. The fourth-order valence-corrected chi connectivity index (χ4v) is 3.02. The number of amides is 2. The van der Waals surface area contributed by atoms with E-state index in [1.165, 1.54) is 6.07 Å². The van der Waals surface area contributed by atoms with Gasteiger partial charge < -0.3 is 19.9 Å². The first-order valence-corrected chi connectivity index (χ1v) is 8.93. The highest BCUT2D eigenvalue weighted by molar-refractivity contribution is 5.74. The molecule has 2 amide bonds. The van der Waals surface area contributed by atoms with Gasteiger partial charge in [-0.25, -0.2) is 13.6 Å². The van der Waals surface area contributed by atoms with Crippen LogP contribution in [-0.2, 0) is 0 Å². The monoisotopic (exact) mass is 386 g/mol. The first kappa shape index (κ1) is 19.4. The fraction of sp³-hybridized carbons (Fsp3) is 0.300. The van der Waals surface area contributed by atoms with E-state index in [9.17, 15) is 18.8 Å². The topological polar surface area (TPSA) is 68.6 Å². The van der Waals surface area contributed by atoms with Crippen LogP contribution in [0.25, 0.3) is 0 Å². The van der Waals surface area contributed by atoms with E-state index in [1.807, 2.05) is 18.2 Å². The number of benzene rings is 2. The van der Waals surface area contributed by atoms with Crippen LogP contribution in [0.15, 0.2) is 42.5 Å². The third-order valence-corrected chi connectivity index (χ3v) is 4.46. The number of rotatable bonds is 5. The Morgan fingerprint density at radius 3 is 2.61 bits per heavy atom. The van der Waals surface area contributed by atoms with Gasteiger partial charge in [0, 0.05) is 32.2 Å². The number of anilines is 1. The highest BCUT2D eigenvalue weighted by Crippen LogP contribution is 2.21. The summed E-state index contributed by atoms with van der Waals surface area (Å²) in [6, 6.07) is 12.4. The largest absolute Gasteiger partial charge is 0.489 e. The maximum absolute atomic E-state index is 13.5. The zero-order valence-corrected chi connectivity index (χ0v) is 15.2. The first-order chi connectivity index (χ1) is 13.6. The van der Waals surface area contributed by atoms with Gasteiger partial charge in [0.2, 0.25) is 0 Å². The molecule has 2 aromatic carbocycles. The molecule has 8 heteroatoms. The zero-order chi connectivity index (χ0) is 19.9. The van der Waals surface area contributed by atoms with E-state index >= 15 is 0 Å². The number of hydrogen-bond acceptors (Lipinski definition) is 4. The van der Waals surface area contributed by atoms with Crippen molar-refractivity contribution in [2.75, 3.05) is 44.2 Å². The van der Waals surface area contributed by atoms with Crippen molar-refractivity contribution < 1.29 is 18.3 Å². The lowest BCUT2D eigenvalue weighted by Crippen LogP contribution is -2.52. The second-order valence-corrected chi connectivity index (χ2v) is 6.26. The van der Waals surface area contributed by atoms with Crippen LogP contribution in [0.4, 0.5) is 19.3 Å². The van der Waals surface area contributed by atoms with E-state index < -0.39 is 11.6 Å². The maximum Gasteiger partial charge on any atom is 0.317 e. The molecule has 1 aliphatic rings. The molecule has 0 bridgehead atoms. The minimum atomic E-state index is -0.778. The third-order valence-electron chi connectivity index (χ3n) is 4.46. The molecule has 0 aliphatic carbocycles. The van der Waals surface area contributed by atoms with Gasteiger partial charge in [-0.3, -0.25) is 0 Å². The van der Waals surface area contributed by atoms with Gasteiger partial charge in [0.1, 0.15) is 18.5 Å². The maximum atomic E-state index is 13.5. The van der Waals surface area contributed by atoms with Gasteiger partial charge in [-0.1, -0.05) is 12.1 Å². The van der Waals surface area contributed by atoms with Crippen LogP contribution in [0.1, 0.15) is 5.56 Å². The lowest BCUT2D eigenvalue weighted by molar-refractivity contribution is 0.191. The van der Waals surface area contributed by atoms with Crippen molar-refractivity contribution in [1.29, 1.82) is 5.26 Å². The molecular formula is C20H20F2N4O2. The van der Waals surface area contributed by atoms with Crippen LogP contribution in [0.2, 0.25) is 0 Å². The van der Waals surface area contributed by atoms with Crippen molar-refractivity contribution in [3.8, 4) is 11.8 Å². The molecule has 1 fully saturated rings. The van der Waals surface area contributed by atoms with Crippen LogP contribution in [-0.4, -0.2) is 50.3 Å². The molecule has 1 saturated heterocycles. The van der Waals surface area contributed by atoms with Gasteiger partial charge in [-0.05, 0) is 24.3 Å². The lowest BCUT2D eigenvalue weighted by Gasteiger charge is -2.36. The molecule has 1 heterocycles. The SMILES string of the molecule is N#Cc1ccccc1N1CCN(C(=O)NCCOc2ccc(F)cc2F)CC1. The predicted molar refractivity (Wildman–Crippen MR) is 100 cm³/mol. The average Bonchev–Trinajstić information content (AvgIpc) is 2.72. The number of nitriles is 1. The molecule has 3 rings (SSSR count). The summed E-state index contributed by atoms with van der Waals surface area (Å²) in [6.07, 6.45) is 0. The minimum Gasteiger partial charge on any atom is -0.489 e. The first-order valence-electron chi connectivity index (χ1n) is 8.93. The van der Waals surface area contributed by atoms with E-state index in [0.717, 1.165) is 17.8 Å². The number of para-hydroxylation sites is 1. The highest BCUT2D eigenvalue weighted by Gasteiger charge is 2.22. The van der Waals surface area contributed by atoms with Gasteiger partial charge in [0.05, 0.1) is 17.8 Å². The zero-order valence-electron chi connectivity index (χ0n) is 15.2. The minimum absolute atomic E-state index is 0.0552. The number of carbonyl (C=O) groups is 1. The molecule has 146 valence electrons. The summed E-state index contributed by atoms with van der Waals surface area (Å²) in [5.41, 5.74) is 1.49. The smallest absolute Gasteiger partial charge is 0.317 e. The number of ether oxygens (including phenoxy) is 1. The Morgan fingerprint density at radius 1 is 1.14 bits per heavy atom. The molecule has 28 heavy (non-hydrogen) atoms. The Bertz CT molecular complexity index is 877. The van der Waals surface area contributed by atoms with Crippen LogP contribution in [0.5, 0.6) is 5.75 Å². The quantitative estimate of drug-likeness (QED) is 0.803. The molecule has 1 aliphatic heterocycles. The normalized spacial score (nSPS) is 13.8. The van der Waals surface area contributed by atoms with Crippen molar-refractivity contribution in [2.24, 2.45) is 0 Å². The van der Waals surface area contributed by atoms with E-state index in [-0.39, 0.29) is 24.9 Å². The Hall–Kier alpha value is -3.34. The van der Waals surface area contributed by atoms with Gasteiger partial charge in [0.25, 0.3) is 0 Å². The summed E-state index contributed by atoms with van der Waals surface area (Å²) >= 11 is 0. The Morgan fingerprint density at radius 2 is 1.89 bits per heavy atom. The van der Waals surface area contributed by atoms with Crippen molar-refractivity contribution in [2.45, 2.75) is 0 Å². The molecular weight excluding hydrogens is 366 g/mol. The van der Waals surface area contributed by atoms with Crippen molar-refractivity contribution in [3.63, 3.8) is 0 Å². The summed E-state index contributed by atoms with van der Waals surface area (Å²) in [5.74, 6) is -1.50. The molecule has 0 atom stereocenters. The number of halogens is 2. The summed E-state index contributed by atoms with van der Waals surface area (Å²) in [4.78, 5) is 16.0. The average molecular weight is 386 g/mol. The predicted octanol–water partition coefficient (Wildman–Crippen LogP) is 2.75. The molecule has 0 spiro atoms. The standard InChI is InChI=1S/C20H20F2N4O2/c21-16-5-6-19(17(22)13-16)28-12-7-24-20(27)26-10-8-25(9-11-26)18-4-2-1-3-15(18)14-23/h1-6,13H,7-12H2,(H,24,27). The van der Waals surface area contributed by atoms with Crippen LogP contribution in [0, 0.1) is 23.0 Å². The molecule has 6 nitrogen and oxygen atoms in total. The van der Waals surface area contributed by atoms with E-state index in [0.29, 0.717) is 31.7 Å². The van der Waals surface area contributed by atoms with Crippen molar-refractivity contribution in [1.82, 2.24) is 10.2 Å². The number of nitrogens with zero attached hydrogens (tertiary/aromatic N) is 3. The van der Waals surface area contributed by atoms with E-state index in [2.05, 4.69) is 16.3 Å². The molecule has 0 aromatic heterocycles. The van der Waals surface area contributed by atoms with Gasteiger partial charge >= 0.3 is 6.03 Å². The number of hydrogen-bond donors (Lipinski definition) is 1. The van der Waals surface area contributed by atoms with Crippen molar-refractivity contribution in [3.05, 3.63) is 59.7 Å². The van der Waals surface area contributed by atoms with Gasteiger partial charge in [0.15, 0.2) is 11.6 Å². The Balaban J connectivity index is 1.42. The van der Waals surface area contributed by atoms with Crippen LogP contribution < -0.4 is 15.0 Å². The lowest BCUT2D eigenvalue weighted by atomic mass is 10.1. The number of piperazine rings is 1. The Labute approximate surface area is 161 Å². The van der Waals surface area contributed by atoms with Gasteiger partial charge in [-0.2, -0.15) is 5.26 Å². The Kier molecular flexibility index (Phi) is 6.27.